The molecule has 1 aromatic carbocycles. The van der Waals surface area contributed by atoms with Crippen molar-refractivity contribution in [3.8, 4) is 28.3 Å². The third-order valence-corrected chi connectivity index (χ3v) is 5.18. The number of carbonyl (C=O) groups is 1. The summed E-state index contributed by atoms with van der Waals surface area (Å²) in [6.45, 7) is 5.89. The Hall–Kier alpha value is -4.38. The highest BCUT2D eigenvalue weighted by Gasteiger charge is 2.21. The minimum Gasteiger partial charge on any atom is -0.477 e. The Labute approximate surface area is 218 Å². The summed E-state index contributed by atoms with van der Waals surface area (Å²) in [6.07, 6.45) is 3.79. The molecule has 0 radical (unpaired) electrons. The quantitative estimate of drug-likeness (QED) is 0.142. The average molecular weight is 525 g/mol. The summed E-state index contributed by atoms with van der Waals surface area (Å²) < 4.78 is 46.6. The largest absolute Gasteiger partial charge is 0.477 e. The summed E-state index contributed by atoms with van der Waals surface area (Å²) in [6, 6.07) is 8.42. The van der Waals surface area contributed by atoms with Crippen molar-refractivity contribution in [1.82, 2.24) is 20.3 Å². The van der Waals surface area contributed by atoms with Crippen LogP contribution in [0.5, 0.6) is 5.88 Å². The van der Waals surface area contributed by atoms with Gasteiger partial charge in [0.1, 0.15) is 17.8 Å². The van der Waals surface area contributed by atoms with Gasteiger partial charge in [0.05, 0.1) is 30.1 Å². The van der Waals surface area contributed by atoms with E-state index in [1.54, 1.807) is 25.1 Å². The number of aldehydes is 1. The zero-order valence-electron chi connectivity index (χ0n) is 20.7. The second kappa shape index (κ2) is 13.8. The van der Waals surface area contributed by atoms with E-state index in [0.29, 0.717) is 46.7 Å². The molecule has 8 nitrogen and oxygen atoms in total. The predicted molar refractivity (Wildman–Crippen MR) is 141 cm³/mol. The van der Waals surface area contributed by atoms with Crippen LogP contribution in [0.15, 0.2) is 65.3 Å². The molecule has 0 saturated heterocycles. The van der Waals surface area contributed by atoms with Gasteiger partial charge >= 0.3 is 0 Å². The summed E-state index contributed by atoms with van der Waals surface area (Å²) in [7, 11) is 0. The van der Waals surface area contributed by atoms with Crippen molar-refractivity contribution in [3.63, 3.8) is 0 Å². The first-order valence-corrected chi connectivity index (χ1v) is 11.6. The molecule has 0 amide bonds. The van der Waals surface area contributed by atoms with Crippen LogP contribution in [0.4, 0.5) is 19.1 Å². The first kappa shape index (κ1) is 28.2. The van der Waals surface area contributed by atoms with E-state index >= 15 is 0 Å². The van der Waals surface area contributed by atoms with Gasteiger partial charge in [-0.3, -0.25) is 9.98 Å². The summed E-state index contributed by atoms with van der Waals surface area (Å²) in [5.41, 5.74) is 8.09. The molecule has 0 saturated carbocycles. The number of hydrogen-bond acceptors (Lipinski definition) is 8. The molecular formula is C27H27F3N6O2. The zero-order chi connectivity index (χ0) is 27.5. The molecule has 2 aromatic heterocycles. The van der Waals surface area contributed by atoms with Crippen molar-refractivity contribution in [2.45, 2.75) is 19.8 Å². The molecule has 3 N–H and O–H groups in total. The summed E-state index contributed by atoms with van der Waals surface area (Å²) in [5.74, 6) is -0.437. The molecule has 3 aromatic rings. The van der Waals surface area contributed by atoms with Crippen LogP contribution in [0.1, 0.15) is 24.2 Å². The standard InChI is InChI=1S/C27H27F3N6O2/c1-17-14-19(15-22(34-17)25(29)30)23-24(18-7-9-20(28)10-8-18)35-27(31)36-26(23)38-13-5-3-4-6-21(32-2)16-33-11-12-37/h3-4,6-10,12,14-15,25,33H,2,5,11,13,16H2,1H3,(H2,31,35,36)/b4-3-,21-6-. The van der Waals surface area contributed by atoms with Crippen molar-refractivity contribution < 1.29 is 22.7 Å². The maximum Gasteiger partial charge on any atom is 0.280 e. The van der Waals surface area contributed by atoms with Crippen molar-refractivity contribution in [3.05, 3.63) is 77.5 Å². The zero-order valence-corrected chi connectivity index (χ0v) is 20.7. The smallest absolute Gasteiger partial charge is 0.280 e. The van der Waals surface area contributed by atoms with Crippen molar-refractivity contribution in [2.24, 2.45) is 4.99 Å². The third kappa shape index (κ3) is 7.81. The van der Waals surface area contributed by atoms with E-state index in [0.717, 1.165) is 6.29 Å². The lowest BCUT2D eigenvalue weighted by Crippen LogP contribution is -2.18. The second-order valence-electron chi connectivity index (χ2n) is 8.02. The lowest BCUT2D eigenvalue weighted by molar-refractivity contribution is -0.107. The fraction of sp³-hybridized carbons (Fsp3) is 0.222. The molecule has 0 aliphatic rings. The summed E-state index contributed by atoms with van der Waals surface area (Å²) in [5, 5.41) is 2.90. The summed E-state index contributed by atoms with van der Waals surface area (Å²) >= 11 is 0. The predicted octanol–water partition coefficient (Wildman–Crippen LogP) is 4.87. The number of halogens is 3. The minimum atomic E-state index is -2.79. The van der Waals surface area contributed by atoms with E-state index in [1.807, 2.05) is 6.08 Å². The molecular weight excluding hydrogens is 497 g/mol. The number of carbonyl (C=O) groups excluding carboxylic acids is 1. The van der Waals surface area contributed by atoms with E-state index in [4.69, 9.17) is 10.5 Å². The van der Waals surface area contributed by atoms with E-state index < -0.39 is 17.9 Å². The fourth-order valence-electron chi connectivity index (χ4n) is 3.51. The number of anilines is 1. The lowest BCUT2D eigenvalue weighted by Gasteiger charge is -2.16. The number of aliphatic imine (C=N–C) groups is 1. The number of nitrogen functional groups attached to an aromatic ring is 1. The number of nitrogens with two attached hydrogens (primary N) is 1. The van der Waals surface area contributed by atoms with Gasteiger partial charge in [0.2, 0.25) is 11.8 Å². The van der Waals surface area contributed by atoms with Gasteiger partial charge in [-0.2, -0.15) is 4.98 Å². The Morgan fingerprint density at radius 2 is 1.95 bits per heavy atom. The Bertz CT molecular complexity index is 1330. The van der Waals surface area contributed by atoms with Crippen molar-refractivity contribution in [2.75, 3.05) is 25.4 Å². The molecule has 0 aliphatic heterocycles. The number of aryl methyl sites for hydroxylation is 1. The van der Waals surface area contributed by atoms with Gasteiger partial charge in [-0.15, -0.1) is 0 Å². The van der Waals surface area contributed by atoms with Crippen LogP contribution >= 0.6 is 0 Å². The molecule has 0 spiro atoms. The van der Waals surface area contributed by atoms with Gasteiger partial charge in [-0.05, 0) is 68.1 Å². The van der Waals surface area contributed by atoms with E-state index in [2.05, 4.69) is 32.0 Å². The van der Waals surface area contributed by atoms with Gasteiger partial charge in [0, 0.05) is 17.8 Å². The Kier molecular flexibility index (Phi) is 10.2. The van der Waals surface area contributed by atoms with E-state index in [1.165, 1.54) is 30.3 Å². The topological polar surface area (TPSA) is 115 Å². The van der Waals surface area contributed by atoms with Gasteiger partial charge < -0.3 is 20.6 Å². The molecule has 198 valence electrons. The number of pyridine rings is 1. The van der Waals surface area contributed by atoms with Crippen LogP contribution in [0.3, 0.4) is 0 Å². The van der Waals surface area contributed by atoms with E-state index in [9.17, 15) is 18.0 Å². The Morgan fingerprint density at radius 1 is 1.18 bits per heavy atom. The van der Waals surface area contributed by atoms with Gasteiger partial charge in [0.15, 0.2) is 0 Å². The van der Waals surface area contributed by atoms with Crippen LogP contribution in [-0.2, 0) is 4.79 Å². The SMILES string of the molecule is C=N/C(=C\C=C/CCOc1nc(N)nc(-c2ccc(F)cc2)c1-c1cc(C)nc(C(F)F)c1)CNCC=O. The Balaban J connectivity index is 1.92. The van der Waals surface area contributed by atoms with Gasteiger partial charge in [-0.1, -0.05) is 12.2 Å². The summed E-state index contributed by atoms with van der Waals surface area (Å²) in [4.78, 5) is 26.8. The highest BCUT2D eigenvalue weighted by atomic mass is 19.3. The number of benzene rings is 1. The number of alkyl halides is 2. The number of nitrogens with one attached hydrogen (secondary N) is 1. The fourth-order valence-corrected chi connectivity index (χ4v) is 3.51. The second-order valence-corrected chi connectivity index (χ2v) is 8.02. The normalized spacial score (nSPS) is 11.8. The Morgan fingerprint density at radius 3 is 2.63 bits per heavy atom. The number of ether oxygens (including phenoxy) is 1. The molecule has 3 rings (SSSR count). The molecule has 0 bridgehead atoms. The maximum atomic E-state index is 13.6. The first-order chi connectivity index (χ1) is 18.3. The number of allylic oxidation sites excluding steroid dienone is 2. The van der Waals surface area contributed by atoms with Crippen molar-refractivity contribution in [1.29, 1.82) is 0 Å². The minimum absolute atomic E-state index is 0.0917. The van der Waals surface area contributed by atoms with Gasteiger partial charge in [-0.25, -0.2) is 18.2 Å². The molecule has 0 aliphatic carbocycles. The molecule has 2 heterocycles. The van der Waals surface area contributed by atoms with Crippen LogP contribution in [0.2, 0.25) is 0 Å². The molecule has 11 heteroatoms. The van der Waals surface area contributed by atoms with Crippen LogP contribution in [-0.4, -0.2) is 47.7 Å². The van der Waals surface area contributed by atoms with Crippen LogP contribution in [0, 0.1) is 12.7 Å². The number of nitrogens with zero attached hydrogens (tertiary/aromatic N) is 4. The number of rotatable bonds is 13. The first-order valence-electron chi connectivity index (χ1n) is 11.6. The molecule has 0 fully saturated rings. The van der Waals surface area contributed by atoms with Crippen LogP contribution < -0.4 is 15.8 Å². The number of aromatic nitrogens is 3. The lowest BCUT2D eigenvalue weighted by atomic mass is 9.99. The average Bonchev–Trinajstić information content (AvgIpc) is 2.89. The van der Waals surface area contributed by atoms with Crippen LogP contribution in [0.25, 0.3) is 22.4 Å². The molecule has 38 heavy (non-hydrogen) atoms. The highest BCUT2D eigenvalue weighted by molar-refractivity contribution is 5.85. The highest BCUT2D eigenvalue weighted by Crippen LogP contribution is 2.39. The molecule has 0 atom stereocenters. The number of hydrogen-bond donors (Lipinski definition) is 2. The van der Waals surface area contributed by atoms with Crippen molar-refractivity contribution >= 4 is 19.0 Å². The van der Waals surface area contributed by atoms with E-state index in [-0.39, 0.29) is 25.0 Å². The molecule has 0 unspecified atom stereocenters. The maximum absolute atomic E-state index is 13.6. The monoisotopic (exact) mass is 524 g/mol. The third-order valence-electron chi connectivity index (χ3n) is 5.18. The van der Waals surface area contributed by atoms with Gasteiger partial charge in [0.25, 0.3) is 6.43 Å².